The number of carbonyl (C=O) groups excluding carboxylic acids is 1. The van der Waals surface area contributed by atoms with E-state index >= 15 is 0 Å². The number of benzene rings is 1. The smallest absolute Gasteiger partial charge is 0.296 e. The number of rotatable bonds is 7. The molecule has 2 N–H and O–H groups in total. The molecule has 170 valence electrons. The van der Waals surface area contributed by atoms with Crippen LogP contribution in [0.2, 0.25) is 0 Å². The molecule has 0 aliphatic rings. The number of aromatic nitrogens is 4. The fraction of sp³-hybridized carbons (Fsp3) is 0.182. The SMILES string of the molecule is CCCC(NC(=O)c1cncc2c1cnn2-c1ccc(F)cc1)c1cncc(S(=O)(=O)O)c1. The fourth-order valence-electron chi connectivity index (χ4n) is 3.52. The van der Waals surface area contributed by atoms with Crippen molar-refractivity contribution in [1.82, 2.24) is 25.1 Å². The Kier molecular flexibility index (Phi) is 6.16. The van der Waals surface area contributed by atoms with E-state index in [9.17, 15) is 22.2 Å². The van der Waals surface area contributed by atoms with Crippen LogP contribution in [0, 0.1) is 5.82 Å². The third-order valence-corrected chi connectivity index (χ3v) is 5.95. The summed E-state index contributed by atoms with van der Waals surface area (Å²) in [5.41, 5.74) is 1.90. The molecule has 1 unspecified atom stereocenters. The highest BCUT2D eigenvalue weighted by Gasteiger charge is 2.21. The number of hydrogen-bond acceptors (Lipinski definition) is 6. The molecule has 0 radical (unpaired) electrons. The molecule has 4 rings (SSSR count). The Morgan fingerprint density at radius 2 is 1.85 bits per heavy atom. The van der Waals surface area contributed by atoms with Crippen molar-refractivity contribution in [2.75, 3.05) is 0 Å². The lowest BCUT2D eigenvalue weighted by atomic mass is 10.0. The summed E-state index contributed by atoms with van der Waals surface area (Å²) >= 11 is 0. The van der Waals surface area contributed by atoms with Crippen molar-refractivity contribution < 1.29 is 22.2 Å². The van der Waals surface area contributed by atoms with E-state index in [2.05, 4.69) is 20.4 Å². The number of pyridine rings is 2. The summed E-state index contributed by atoms with van der Waals surface area (Å²) in [6.45, 7) is 1.92. The van der Waals surface area contributed by atoms with Gasteiger partial charge in [0.15, 0.2) is 0 Å². The molecular weight excluding hydrogens is 449 g/mol. The first-order valence-electron chi connectivity index (χ1n) is 10.1. The van der Waals surface area contributed by atoms with Crippen LogP contribution in [0.1, 0.15) is 41.7 Å². The average Bonchev–Trinajstić information content (AvgIpc) is 3.23. The van der Waals surface area contributed by atoms with E-state index in [1.165, 1.54) is 36.8 Å². The lowest BCUT2D eigenvalue weighted by Gasteiger charge is -2.19. The van der Waals surface area contributed by atoms with Crippen molar-refractivity contribution in [1.29, 1.82) is 0 Å². The highest BCUT2D eigenvalue weighted by atomic mass is 32.2. The Bertz CT molecular complexity index is 1420. The van der Waals surface area contributed by atoms with Crippen LogP contribution in [0.3, 0.4) is 0 Å². The summed E-state index contributed by atoms with van der Waals surface area (Å²) < 4.78 is 47.1. The van der Waals surface area contributed by atoms with Crippen molar-refractivity contribution in [2.24, 2.45) is 0 Å². The minimum Gasteiger partial charge on any atom is -0.345 e. The van der Waals surface area contributed by atoms with Crippen molar-refractivity contribution in [2.45, 2.75) is 30.7 Å². The maximum Gasteiger partial charge on any atom is 0.296 e. The molecule has 3 heterocycles. The number of carbonyl (C=O) groups is 1. The van der Waals surface area contributed by atoms with Crippen LogP contribution in [-0.4, -0.2) is 38.6 Å². The summed E-state index contributed by atoms with van der Waals surface area (Å²) in [6.07, 6.45) is 8.21. The Labute approximate surface area is 189 Å². The number of fused-ring (bicyclic) bond motifs is 1. The molecule has 11 heteroatoms. The van der Waals surface area contributed by atoms with Gasteiger partial charge in [-0.15, -0.1) is 0 Å². The second kappa shape index (κ2) is 9.04. The molecule has 1 atom stereocenters. The Morgan fingerprint density at radius 1 is 1.12 bits per heavy atom. The first-order chi connectivity index (χ1) is 15.8. The average molecular weight is 469 g/mol. The van der Waals surface area contributed by atoms with Crippen LogP contribution in [0.4, 0.5) is 4.39 Å². The molecule has 0 aliphatic heterocycles. The number of amides is 1. The molecule has 33 heavy (non-hydrogen) atoms. The molecule has 0 fully saturated rings. The van der Waals surface area contributed by atoms with Crippen molar-refractivity contribution in [3.8, 4) is 5.69 Å². The van der Waals surface area contributed by atoms with Gasteiger partial charge in [0.1, 0.15) is 10.7 Å². The molecule has 0 saturated heterocycles. The van der Waals surface area contributed by atoms with Gasteiger partial charge in [0.2, 0.25) is 0 Å². The predicted molar refractivity (Wildman–Crippen MR) is 118 cm³/mol. The maximum absolute atomic E-state index is 13.3. The number of nitrogens with zero attached hydrogens (tertiary/aromatic N) is 4. The fourth-order valence-corrected chi connectivity index (χ4v) is 4.00. The molecule has 0 aliphatic carbocycles. The second-order valence-corrected chi connectivity index (χ2v) is 8.82. The zero-order chi connectivity index (χ0) is 23.6. The minimum absolute atomic E-state index is 0.279. The highest BCUT2D eigenvalue weighted by Crippen LogP contribution is 2.24. The van der Waals surface area contributed by atoms with E-state index < -0.39 is 22.1 Å². The van der Waals surface area contributed by atoms with Gasteiger partial charge in [0.05, 0.1) is 35.2 Å². The molecule has 0 spiro atoms. The van der Waals surface area contributed by atoms with Crippen LogP contribution in [0.25, 0.3) is 16.6 Å². The monoisotopic (exact) mass is 469 g/mol. The van der Waals surface area contributed by atoms with Crippen molar-refractivity contribution in [3.05, 3.63) is 78.3 Å². The zero-order valence-corrected chi connectivity index (χ0v) is 18.3. The van der Waals surface area contributed by atoms with Gasteiger partial charge in [0.25, 0.3) is 16.0 Å². The van der Waals surface area contributed by atoms with Crippen LogP contribution in [0.15, 0.2) is 66.2 Å². The lowest BCUT2D eigenvalue weighted by Crippen LogP contribution is -2.29. The number of nitrogens with one attached hydrogen (secondary N) is 1. The van der Waals surface area contributed by atoms with Gasteiger partial charge in [-0.05, 0) is 42.3 Å². The van der Waals surface area contributed by atoms with E-state index in [1.54, 1.807) is 23.0 Å². The highest BCUT2D eigenvalue weighted by molar-refractivity contribution is 7.85. The van der Waals surface area contributed by atoms with Gasteiger partial charge >= 0.3 is 0 Å². The summed E-state index contributed by atoms with van der Waals surface area (Å²) in [6, 6.07) is 6.52. The third-order valence-electron chi connectivity index (χ3n) is 5.13. The first kappa shape index (κ1) is 22.5. The molecular formula is C22H20FN5O4S. The van der Waals surface area contributed by atoms with Crippen LogP contribution >= 0.6 is 0 Å². The second-order valence-electron chi connectivity index (χ2n) is 7.40. The number of hydrogen-bond donors (Lipinski definition) is 2. The standard InChI is InChI=1S/C22H20FN5O4S/c1-2-3-20(14-8-17(10-24-9-14)33(30,31)32)27-22(29)19-11-25-13-21-18(19)12-26-28(21)16-6-4-15(23)5-7-16/h4-13,20H,2-3H2,1H3,(H,27,29)(H,30,31,32). The van der Waals surface area contributed by atoms with Crippen molar-refractivity contribution in [3.63, 3.8) is 0 Å². The molecule has 0 saturated carbocycles. The normalized spacial score (nSPS) is 12.6. The van der Waals surface area contributed by atoms with E-state index in [0.717, 1.165) is 6.20 Å². The minimum atomic E-state index is -4.43. The summed E-state index contributed by atoms with van der Waals surface area (Å²) in [5.74, 6) is -0.801. The predicted octanol–water partition coefficient (Wildman–Crippen LogP) is 3.47. The van der Waals surface area contributed by atoms with Gasteiger partial charge in [-0.3, -0.25) is 19.3 Å². The summed E-state index contributed by atoms with van der Waals surface area (Å²) in [4.78, 5) is 20.9. The molecule has 3 aromatic heterocycles. The van der Waals surface area contributed by atoms with Gasteiger partial charge in [-0.2, -0.15) is 13.5 Å². The quantitative estimate of drug-likeness (QED) is 0.397. The Morgan fingerprint density at radius 3 is 2.55 bits per heavy atom. The molecule has 9 nitrogen and oxygen atoms in total. The van der Waals surface area contributed by atoms with E-state index in [-0.39, 0.29) is 16.3 Å². The van der Waals surface area contributed by atoms with Gasteiger partial charge < -0.3 is 5.32 Å². The molecule has 1 aromatic carbocycles. The van der Waals surface area contributed by atoms with Gasteiger partial charge in [-0.1, -0.05) is 13.3 Å². The maximum atomic E-state index is 13.3. The van der Waals surface area contributed by atoms with E-state index in [4.69, 9.17) is 0 Å². The topological polar surface area (TPSA) is 127 Å². The van der Waals surface area contributed by atoms with E-state index in [0.29, 0.717) is 35.0 Å². The van der Waals surface area contributed by atoms with Gasteiger partial charge in [-0.25, -0.2) is 9.07 Å². The van der Waals surface area contributed by atoms with E-state index in [1.807, 2.05) is 6.92 Å². The van der Waals surface area contributed by atoms with Crippen LogP contribution in [-0.2, 0) is 10.1 Å². The Balaban J connectivity index is 1.67. The van der Waals surface area contributed by atoms with Crippen molar-refractivity contribution >= 4 is 26.9 Å². The summed E-state index contributed by atoms with van der Waals surface area (Å²) in [5, 5.41) is 7.76. The number of halogens is 1. The summed E-state index contributed by atoms with van der Waals surface area (Å²) in [7, 11) is -4.43. The first-order valence-corrected chi connectivity index (χ1v) is 11.5. The molecule has 1 amide bonds. The lowest BCUT2D eigenvalue weighted by molar-refractivity contribution is 0.0935. The van der Waals surface area contributed by atoms with Gasteiger partial charge in [0, 0.05) is 24.0 Å². The van der Waals surface area contributed by atoms with Crippen LogP contribution in [0.5, 0.6) is 0 Å². The van der Waals surface area contributed by atoms with Crippen LogP contribution < -0.4 is 5.32 Å². The largest absolute Gasteiger partial charge is 0.345 e. The molecule has 0 bridgehead atoms. The molecule has 4 aromatic rings. The zero-order valence-electron chi connectivity index (χ0n) is 17.5. The third kappa shape index (κ3) is 4.73. The Hall–Kier alpha value is -3.70.